The summed E-state index contributed by atoms with van der Waals surface area (Å²) in [5.41, 5.74) is 1.10. The number of nitrogens with zero attached hydrogens (tertiary/aromatic N) is 2. The van der Waals surface area contributed by atoms with Crippen molar-refractivity contribution in [3.05, 3.63) is 44.7 Å². The molecule has 0 amide bonds. The van der Waals surface area contributed by atoms with E-state index in [4.69, 9.17) is 0 Å². The molecule has 66 valence electrons. The van der Waals surface area contributed by atoms with Crippen LogP contribution in [0.5, 0.6) is 0 Å². The fourth-order valence-electron chi connectivity index (χ4n) is 1.07. The van der Waals surface area contributed by atoms with Crippen LogP contribution >= 0.6 is 38.5 Å². The predicted molar refractivity (Wildman–Crippen MR) is 64.0 cm³/mol. The van der Waals surface area contributed by atoms with E-state index >= 15 is 0 Å². The molecule has 0 aliphatic heterocycles. The number of aromatic nitrogens is 2. The highest BCUT2D eigenvalue weighted by molar-refractivity contribution is 14.1. The van der Waals surface area contributed by atoms with Crippen LogP contribution in [0.1, 0.15) is 0 Å². The Morgan fingerprint density at radius 1 is 1.38 bits per heavy atom. The molecule has 13 heavy (non-hydrogen) atoms. The Morgan fingerprint density at radius 2 is 2.23 bits per heavy atom. The second kappa shape index (κ2) is 3.79. The minimum atomic E-state index is 1.07. The van der Waals surface area contributed by atoms with Crippen LogP contribution in [-0.2, 0) is 0 Å². The third-order valence-corrected chi connectivity index (χ3v) is 3.06. The highest BCUT2D eigenvalue weighted by atomic mass is 127. The molecule has 0 radical (unpaired) electrons. The first-order valence-corrected chi connectivity index (χ1v) is 5.59. The van der Waals surface area contributed by atoms with Crippen molar-refractivity contribution in [1.82, 2.24) is 9.78 Å². The van der Waals surface area contributed by atoms with Crippen LogP contribution < -0.4 is 0 Å². The fourth-order valence-corrected chi connectivity index (χ4v) is 2.00. The molecule has 0 aliphatic carbocycles. The van der Waals surface area contributed by atoms with Crippen LogP contribution in [0.3, 0.4) is 0 Å². The SMILES string of the molecule is Brc1ccc(I)c(-n2cccn2)c1. The Morgan fingerprint density at radius 3 is 2.92 bits per heavy atom. The highest BCUT2D eigenvalue weighted by Crippen LogP contribution is 2.20. The molecule has 0 saturated carbocycles. The molecule has 0 unspecified atom stereocenters. The summed E-state index contributed by atoms with van der Waals surface area (Å²) in [7, 11) is 0. The van der Waals surface area contributed by atoms with Gasteiger partial charge in [0.1, 0.15) is 0 Å². The lowest BCUT2D eigenvalue weighted by Gasteiger charge is -2.04. The lowest BCUT2D eigenvalue weighted by molar-refractivity contribution is 0.875. The Labute approximate surface area is 98.2 Å². The molecule has 0 aliphatic rings. The van der Waals surface area contributed by atoms with Gasteiger partial charge in [-0.15, -0.1) is 0 Å². The van der Waals surface area contributed by atoms with Crippen molar-refractivity contribution in [3.63, 3.8) is 0 Å². The zero-order valence-corrected chi connectivity index (χ0v) is 10.4. The van der Waals surface area contributed by atoms with E-state index in [2.05, 4.69) is 55.8 Å². The van der Waals surface area contributed by atoms with Crippen LogP contribution in [0.2, 0.25) is 0 Å². The Hall–Kier alpha value is -0.360. The van der Waals surface area contributed by atoms with Gasteiger partial charge in [-0.25, -0.2) is 4.68 Å². The third-order valence-electron chi connectivity index (χ3n) is 1.66. The maximum atomic E-state index is 4.18. The monoisotopic (exact) mass is 348 g/mol. The minimum absolute atomic E-state index is 1.07. The van der Waals surface area contributed by atoms with E-state index in [1.165, 1.54) is 3.57 Å². The fraction of sp³-hybridized carbons (Fsp3) is 0. The number of hydrogen-bond acceptors (Lipinski definition) is 1. The largest absolute Gasteiger partial charge is 0.240 e. The van der Waals surface area contributed by atoms with Crippen molar-refractivity contribution in [2.24, 2.45) is 0 Å². The summed E-state index contributed by atoms with van der Waals surface area (Å²) in [6.07, 6.45) is 3.71. The molecule has 2 rings (SSSR count). The van der Waals surface area contributed by atoms with E-state index in [1.807, 2.05) is 23.0 Å². The van der Waals surface area contributed by atoms with Gasteiger partial charge in [0.2, 0.25) is 0 Å². The quantitative estimate of drug-likeness (QED) is 0.723. The highest BCUT2D eigenvalue weighted by Gasteiger charge is 2.01. The van der Waals surface area contributed by atoms with E-state index < -0.39 is 0 Å². The zero-order valence-electron chi connectivity index (χ0n) is 6.61. The maximum absolute atomic E-state index is 4.18. The van der Waals surface area contributed by atoms with E-state index in [1.54, 1.807) is 6.20 Å². The first-order valence-electron chi connectivity index (χ1n) is 3.72. The molecule has 2 nitrogen and oxygen atoms in total. The Bertz CT molecular complexity index is 412. The molecule has 1 aromatic carbocycles. The lowest BCUT2D eigenvalue weighted by Crippen LogP contribution is -1.96. The van der Waals surface area contributed by atoms with Gasteiger partial charge in [-0.05, 0) is 46.9 Å². The zero-order chi connectivity index (χ0) is 9.26. The minimum Gasteiger partial charge on any atom is -0.240 e. The second-order valence-corrected chi connectivity index (χ2v) is 4.62. The van der Waals surface area contributed by atoms with Gasteiger partial charge >= 0.3 is 0 Å². The summed E-state index contributed by atoms with van der Waals surface area (Å²) in [5.74, 6) is 0. The standard InChI is InChI=1S/C9H6BrIN2/c10-7-2-3-8(11)9(6-7)13-5-1-4-12-13/h1-6H. The molecule has 0 N–H and O–H groups in total. The topological polar surface area (TPSA) is 17.8 Å². The van der Waals surface area contributed by atoms with Gasteiger partial charge in [0.15, 0.2) is 0 Å². The molecular formula is C9H6BrIN2. The molecule has 1 heterocycles. The molecule has 0 spiro atoms. The van der Waals surface area contributed by atoms with Crippen LogP contribution in [0.25, 0.3) is 5.69 Å². The third kappa shape index (κ3) is 1.94. The maximum Gasteiger partial charge on any atom is 0.0790 e. The average molecular weight is 349 g/mol. The average Bonchev–Trinajstić information content (AvgIpc) is 2.61. The number of hydrogen-bond donors (Lipinski definition) is 0. The molecule has 1 aromatic heterocycles. The summed E-state index contributed by atoms with van der Waals surface area (Å²) in [5, 5.41) is 4.18. The van der Waals surface area contributed by atoms with E-state index in [0.29, 0.717) is 0 Å². The van der Waals surface area contributed by atoms with E-state index in [-0.39, 0.29) is 0 Å². The van der Waals surface area contributed by atoms with Gasteiger partial charge in [0.25, 0.3) is 0 Å². The van der Waals surface area contributed by atoms with Crippen LogP contribution in [0.4, 0.5) is 0 Å². The first kappa shape index (κ1) is 9.21. The van der Waals surface area contributed by atoms with E-state index in [0.717, 1.165) is 10.2 Å². The van der Waals surface area contributed by atoms with Crippen LogP contribution in [0.15, 0.2) is 41.1 Å². The Kier molecular flexibility index (Phi) is 2.69. The van der Waals surface area contributed by atoms with E-state index in [9.17, 15) is 0 Å². The number of halogens is 2. The normalized spacial score (nSPS) is 10.3. The molecule has 0 bridgehead atoms. The van der Waals surface area contributed by atoms with Gasteiger partial charge in [-0.1, -0.05) is 15.9 Å². The lowest BCUT2D eigenvalue weighted by atomic mass is 10.3. The molecule has 0 fully saturated rings. The van der Waals surface area contributed by atoms with Gasteiger partial charge in [0.05, 0.1) is 5.69 Å². The van der Waals surface area contributed by atoms with Crippen molar-refractivity contribution in [3.8, 4) is 5.69 Å². The van der Waals surface area contributed by atoms with Crippen molar-refractivity contribution in [1.29, 1.82) is 0 Å². The number of rotatable bonds is 1. The van der Waals surface area contributed by atoms with Gasteiger partial charge in [-0.3, -0.25) is 0 Å². The summed E-state index contributed by atoms with van der Waals surface area (Å²) in [4.78, 5) is 0. The summed E-state index contributed by atoms with van der Waals surface area (Å²) in [6, 6.07) is 8.04. The smallest absolute Gasteiger partial charge is 0.0790 e. The van der Waals surface area contributed by atoms with Crippen molar-refractivity contribution < 1.29 is 0 Å². The molecule has 0 atom stereocenters. The second-order valence-electron chi connectivity index (χ2n) is 2.55. The summed E-state index contributed by atoms with van der Waals surface area (Å²) >= 11 is 5.73. The predicted octanol–water partition coefficient (Wildman–Crippen LogP) is 3.24. The Balaban J connectivity index is 2.57. The van der Waals surface area contributed by atoms with Crippen LogP contribution in [-0.4, -0.2) is 9.78 Å². The van der Waals surface area contributed by atoms with Crippen molar-refractivity contribution in [2.75, 3.05) is 0 Å². The molecule has 4 heteroatoms. The molecule has 2 aromatic rings. The summed E-state index contributed by atoms with van der Waals surface area (Å²) in [6.45, 7) is 0. The van der Waals surface area contributed by atoms with Gasteiger partial charge < -0.3 is 0 Å². The summed E-state index contributed by atoms with van der Waals surface area (Å²) < 4.78 is 4.11. The van der Waals surface area contributed by atoms with Gasteiger partial charge in [0, 0.05) is 20.4 Å². The number of benzene rings is 1. The van der Waals surface area contributed by atoms with Crippen molar-refractivity contribution >= 4 is 38.5 Å². The molecular weight excluding hydrogens is 343 g/mol. The first-order chi connectivity index (χ1) is 6.27. The van der Waals surface area contributed by atoms with Crippen LogP contribution in [0, 0.1) is 3.57 Å². The van der Waals surface area contributed by atoms with Crippen molar-refractivity contribution in [2.45, 2.75) is 0 Å². The van der Waals surface area contributed by atoms with Gasteiger partial charge in [-0.2, -0.15) is 5.10 Å². The molecule has 0 saturated heterocycles.